The molecule has 2 unspecified atom stereocenters. The fourth-order valence-corrected chi connectivity index (χ4v) is 6.62. The number of carbonyl (C=O) groups is 4. The molecule has 13 nitrogen and oxygen atoms in total. The smallest absolute Gasteiger partial charge is 0.407 e. The number of pyridine rings is 1. The number of benzene rings is 3. The third-order valence-corrected chi connectivity index (χ3v) is 9.35. The number of rotatable bonds is 19. The Morgan fingerprint density at radius 3 is 1.96 bits per heavy atom. The standard InChI is InChI=1S/C43H51N5O8/c1-5-53-39(54-6-2)26-48(29(3)4)41(50)37(23-31-17-14-22-44-24-31)46-40(49)38(25-45-42(51)55-27-30-15-8-7-9-16-30)47-43(52)56-28-36-34-20-12-10-18-32(34)33-19-11-13-21-35(33)36/h7-22,24,29,36-39H,5-6,23,25-28H2,1-4H3,(H,45,51)(H,46,49)(H,47,52). The van der Waals surface area contributed by atoms with Gasteiger partial charge in [-0.2, -0.15) is 0 Å². The summed E-state index contributed by atoms with van der Waals surface area (Å²) in [6, 6.07) is 25.9. The molecule has 1 heterocycles. The van der Waals surface area contributed by atoms with E-state index in [0.29, 0.717) is 18.8 Å². The van der Waals surface area contributed by atoms with Gasteiger partial charge in [0.1, 0.15) is 25.3 Å². The summed E-state index contributed by atoms with van der Waals surface area (Å²) in [6.45, 7) is 7.94. The normalized spacial score (nSPS) is 13.0. The maximum absolute atomic E-state index is 14.3. The van der Waals surface area contributed by atoms with Gasteiger partial charge in [0, 0.05) is 44.0 Å². The molecule has 0 spiro atoms. The van der Waals surface area contributed by atoms with Gasteiger partial charge >= 0.3 is 12.2 Å². The number of carbonyl (C=O) groups excluding carboxylic acids is 4. The van der Waals surface area contributed by atoms with Crippen LogP contribution in [0.2, 0.25) is 0 Å². The van der Waals surface area contributed by atoms with Crippen LogP contribution in [0.25, 0.3) is 11.1 Å². The van der Waals surface area contributed by atoms with Crippen molar-refractivity contribution in [3.8, 4) is 11.1 Å². The van der Waals surface area contributed by atoms with Gasteiger partial charge in [-0.1, -0.05) is 84.9 Å². The van der Waals surface area contributed by atoms with E-state index in [4.69, 9.17) is 18.9 Å². The van der Waals surface area contributed by atoms with Crippen LogP contribution in [0.4, 0.5) is 9.59 Å². The van der Waals surface area contributed by atoms with Crippen molar-refractivity contribution in [2.24, 2.45) is 0 Å². The number of hydrogen-bond donors (Lipinski definition) is 3. The van der Waals surface area contributed by atoms with E-state index in [1.165, 1.54) is 0 Å². The second kappa shape index (κ2) is 20.8. The fourth-order valence-electron chi connectivity index (χ4n) is 6.62. The second-order valence-electron chi connectivity index (χ2n) is 13.5. The van der Waals surface area contributed by atoms with Gasteiger partial charge in [-0.25, -0.2) is 9.59 Å². The zero-order valence-electron chi connectivity index (χ0n) is 32.3. The molecular formula is C43H51N5O8. The van der Waals surface area contributed by atoms with Crippen molar-refractivity contribution < 1.29 is 38.1 Å². The minimum Gasteiger partial charge on any atom is -0.449 e. The molecule has 1 aliphatic rings. The number of hydrogen-bond acceptors (Lipinski definition) is 9. The van der Waals surface area contributed by atoms with Gasteiger partial charge in [-0.3, -0.25) is 14.6 Å². The van der Waals surface area contributed by atoms with Gasteiger partial charge in [0.25, 0.3) is 0 Å². The van der Waals surface area contributed by atoms with Crippen LogP contribution >= 0.6 is 0 Å². The predicted molar refractivity (Wildman–Crippen MR) is 210 cm³/mol. The van der Waals surface area contributed by atoms with Crippen molar-refractivity contribution in [3.63, 3.8) is 0 Å². The fraction of sp³-hybridized carbons (Fsp3) is 0.372. The lowest BCUT2D eigenvalue weighted by Crippen LogP contribution is -2.59. The van der Waals surface area contributed by atoms with E-state index in [1.54, 1.807) is 29.4 Å². The molecule has 296 valence electrons. The first-order valence-electron chi connectivity index (χ1n) is 19.0. The Kier molecular flexibility index (Phi) is 15.3. The van der Waals surface area contributed by atoms with Crippen LogP contribution in [0.1, 0.15) is 55.9 Å². The molecule has 0 aliphatic heterocycles. The highest BCUT2D eigenvalue weighted by Crippen LogP contribution is 2.44. The lowest BCUT2D eigenvalue weighted by atomic mass is 9.98. The van der Waals surface area contributed by atoms with Crippen LogP contribution in [-0.4, -0.2) is 91.2 Å². The van der Waals surface area contributed by atoms with Crippen LogP contribution in [0.15, 0.2) is 103 Å². The molecule has 0 saturated carbocycles. The zero-order valence-corrected chi connectivity index (χ0v) is 32.3. The summed E-state index contributed by atoms with van der Waals surface area (Å²) >= 11 is 0. The molecule has 4 amide bonds. The Balaban J connectivity index is 1.34. The molecule has 1 aromatic heterocycles. The van der Waals surface area contributed by atoms with Crippen molar-refractivity contribution in [3.05, 3.63) is 126 Å². The van der Waals surface area contributed by atoms with Gasteiger partial charge in [-0.15, -0.1) is 0 Å². The van der Waals surface area contributed by atoms with E-state index < -0.39 is 42.4 Å². The van der Waals surface area contributed by atoms with E-state index in [1.807, 2.05) is 107 Å². The summed E-state index contributed by atoms with van der Waals surface area (Å²) in [4.78, 5) is 60.6. The molecule has 0 radical (unpaired) electrons. The van der Waals surface area contributed by atoms with E-state index in [9.17, 15) is 19.2 Å². The molecule has 56 heavy (non-hydrogen) atoms. The highest BCUT2D eigenvalue weighted by atomic mass is 16.7. The molecule has 0 bridgehead atoms. The van der Waals surface area contributed by atoms with Crippen molar-refractivity contribution in [2.75, 3.05) is 32.9 Å². The quantitative estimate of drug-likeness (QED) is 0.104. The minimum absolute atomic E-state index is 0.000548. The topological polar surface area (TPSA) is 157 Å². The molecule has 0 saturated heterocycles. The maximum Gasteiger partial charge on any atom is 0.407 e. The lowest BCUT2D eigenvalue weighted by molar-refractivity contribution is -0.163. The largest absolute Gasteiger partial charge is 0.449 e. The Morgan fingerprint density at radius 2 is 1.36 bits per heavy atom. The van der Waals surface area contributed by atoms with Crippen LogP contribution < -0.4 is 16.0 Å². The molecule has 3 N–H and O–H groups in total. The minimum atomic E-state index is -1.36. The number of nitrogens with one attached hydrogen (secondary N) is 3. The Hall–Kier alpha value is -5.79. The summed E-state index contributed by atoms with van der Waals surface area (Å²) in [7, 11) is 0. The first-order valence-corrected chi connectivity index (χ1v) is 19.0. The highest BCUT2D eigenvalue weighted by molar-refractivity contribution is 5.92. The number of ether oxygens (including phenoxy) is 4. The molecule has 2 atom stereocenters. The monoisotopic (exact) mass is 765 g/mol. The third kappa shape index (κ3) is 11.4. The van der Waals surface area contributed by atoms with Crippen molar-refractivity contribution in [1.29, 1.82) is 0 Å². The number of aromatic nitrogens is 1. The van der Waals surface area contributed by atoms with E-state index in [0.717, 1.165) is 27.8 Å². The molecule has 1 aliphatic carbocycles. The first-order chi connectivity index (χ1) is 27.2. The molecule has 0 fully saturated rings. The number of fused-ring (bicyclic) bond motifs is 3. The summed E-state index contributed by atoms with van der Waals surface area (Å²) in [5.74, 6) is -1.33. The van der Waals surface area contributed by atoms with E-state index >= 15 is 0 Å². The van der Waals surface area contributed by atoms with Gasteiger partial charge in [0.05, 0.1) is 13.1 Å². The molecular weight excluding hydrogens is 714 g/mol. The van der Waals surface area contributed by atoms with Gasteiger partial charge in [0.2, 0.25) is 11.8 Å². The van der Waals surface area contributed by atoms with Gasteiger partial charge < -0.3 is 39.8 Å². The first kappa shape index (κ1) is 41.4. The Bertz CT molecular complexity index is 1840. The predicted octanol–water partition coefficient (Wildman–Crippen LogP) is 5.58. The molecule has 5 rings (SSSR count). The summed E-state index contributed by atoms with van der Waals surface area (Å²) in [5, 5.41) is 8.05. The van der Waals surface area contributed by atoms with Gasteiger partial charge in [-0.05, 0) is 67.1 Å². The second-order valence-corrected chi connectivity index (χ2v) is 13.5. The molecule has 3 aromatic carbocycles. The Labute approximate surface area is 328 Å². The number of alkyl carbamates (subject to hydrolysis) is 2. The van der Waals surface area contributed by atoms with Crippen LogP contribution in [0.5, 0.6) is 0 Å². The third-order valence-electron chi connectivity index (χ3n) is 9.35. The zero-order chi connectivity index (χ0) is 39.9. The Morgan fingerprint density at radius 1 is 0.732 bits per heavy atom. The lowest BCUT2D eigenvalue weighted by Gasteiger charge is -2.34. The highest BCUT2D eigenvalue weighted by Gasteiger charge is 2.34. The number of amides is 4. The summed E-state index contributed by atoms with van der Waals surface area (Å²) < 4.78 is 22.6. The average Bonchev–Trinajstić information content (AvgIpc) is 3.53. The average molecular weight is 766 g/mol. The van der Waals surface area contributed by atoms with Crippen molar-refractivity contribution in [1.82, 2.24) is 25.8 Å². The van der Waals surface area contributed by atoms with Crippen LogP contribution in [0, 0.1) is 0 Å². The van der Waals surface area contributed by atoms with Crippen molar-refractivity contribution >= 4 is 24.0 Å². The van der Waals surface area contributed by atoms with Crippen molar-refractivity contribution in [2.45, 2.75) is 71.1 Å². The maximum atomic E-state index is 14.3. The van der Waals surface area contributed by atoms with E-state index in [2.05, 4.69) is 20.9 Å². The molecule has 4 aromatic rings. The molecule has 13 heteroatoms. The SMILES string of the molecule is CCOC(CN(C(=O)C(Cc1cccnc1)NC(=O)C(CNC(=O)OCc1ccccc1)NC(=O)OCC1c2ccccc2-c2ccccc21)C(C)C)OCC. The van der Waals surface area contributed by atoms with Crippen LogP contribution in [-0.2, 0) is 41.6 Å². The summed E-state index contributed by atoms with van der Waals surface area (Å²) in [5.41, 5.74) is 5.67. The van der Waals surface area contributed by atoms with Gasteiger partial charge in [0.15, 0.2) is 6.29 Å². The number of nitrogens with zero attached hydrogens (tertiary/aromatic N) is 2. The van der Waals surface area contributed by atoms with E-state index in [-0.39, 0.29) is 44.7 Å². The van der Waals surface area contributed by atoms with Crippen LogP contribution in [0.3, 0.4) is 0 Å². The summed E-state index contributed by atoms with van der Waals surface area (Å²) in [6.07, 6.45) is 0.978.